The number of hydrogen-bond donors (Lipinski definition) is 3. The predicted octanol–water partition coefficient (Wildman–Crippen LogP) is 3.48. The molecule has 3 atom stereocenters. The summed E-state index contributed by atoms with van der Waals surface area (Å²) in [5.41, 5.74) is 7.70. The second-order valence-electron chi connectivity index (χ2n) is 8.27. The summed E-state index contributed by atoms with van der Waals surface area (Å²) in [6.07, 6.45) is 6.11. The number of nitrogens with zero attached hydrogens (tertiary/aromatic N) is 1. The predicted molar refractivity (Wildman–Crippen MR) is 123 cm³/mol. The Balaban J connectivity index is 0.00000210. The average Bonchev–Trinajstić information content (AvgIpc) is 3.16. The van der Waals surface area contributed by atoms with E-state index in [0.29, 0.717) is 0 Å². The van der Waals surface area contributed by atoms with Crippen LogP contribution >= 0.6 is 24.8 Å². The van der Waals surface area contributed by atoms with Gasteiger partial charge in [0.25, 0.3) is 0 Å². The van der Waals surface area contributed by atoms with Crippen molar-refractivity contribution in [1.82, 2.24) is 5.32 Å². The van der Waals surface area contributed by atoms with Crippen molar-refractivity contribution in [3.05, 3.63) is 24.3 Å². The SMILES string of the molecule is CC(NC(=O)C1CCCCC1(C)N)C(=O)Nc1cccc(N2CCCC2)c1.Cl.Cl. The lowest BCUT2D eigenvalue weighted by Gasteiger charge is -2.37. The number of nitrogens with two attached hydrogens (primary N) is 1. The van der Waals surface area contributed by atoms with Crippen molar-refractivity contribution in [2.45, 2.75) is 64.0 Å². The first-order valence-electron chi connectivity index (χ1n) is 10.1. The largest absolute Gasteiger partial charge is 0.371 e. The van der Waals surface area contributed by atoms with Gasteiger partial charge in [-0.3, -0.25) is 9.59 Å². The number of benzene rings is 1. The summed E-state index contributed by atoms with van der Waals surface area (Å²) in [4.78, 5) is 27.5. The highest BCUT2D eigenvalue weighted by molar-refractivity contribution is 5.97. The molecule has 3 unspecified atom stereocenters. The summed E-state index contributed by atoms with van der Waals surface area (Å²) in [6, 6.07) is 7.29. The van der Waals surface area contributed by atoms with Crippen LogP contribution in [0.3, 0.4) is 0 Å². The number of hydrogen-bond acceptors (Lipinski definition) is 4. The zero-order valence-corrected chi connectivity index (χ0v) is 18.9. The Kier molecular flexibility index (Phi) is 9.73. The molecule has 2 amide bonds. The fourth-order valence-corrected chi connectivity index (χ4v) is 4.17. The molecule has 1 saturated heterocycles. The maximum atomic E-state index is 12.6. The van der Waals surface area contributed by atoms with E-state index in [-0.39, 0.29) is 42.5 Å². The highest BCUT2D eigenvalue weighted by Crippen LogP contribution is 2.31. The third-order valence-corrected chi connectivity index (χ3v) is 5.91. The van der Waals surface area contributed by atoms with Crippen molar-refractivity contribution < 1.29 is 9.59 Å². The molecule has 4 N–H and O–H groups in total. The Bertz CT molecular complexity index is 693. The van der Waals surface area contributed by atoms with E-state index in [1.54, 1.807) is 6.92 Å². The van der Waals surface area contributed by atoms with Crippen LogP contribution in [0.2, 0.25) is 0 Å². The molecule has 8 heteroatoms. The Morgan fingerprint density at radius 3 is 2.52 bits per heavy atom. The number of anilines is 2. The standard InChI is InChI=1S/C21H32N4O2.2ClH/c1-15(23-20(27)18-10-3-4-11-21(18,2)22)19(26)24-16-8-7-9-17(14-16)25-12-5-6-13-25;;/h7-9,14-15,18H,3-6,10-13,22H2,1-2H3,(H,23,27)(H,24,26);2*1H. The Hall–Kier alpha value is -1.50. The molecule has 2 fully saturated rings. The van der Waals surface area contributed by atoms with E-state index in [4.69, 9.17) is 5.73 Å². The highest BCUT2D eigenvalue weighted by Gasteiger charge is 2.38. The third kappa shape index (κ3) is 6.49. The van der Waals surface area contributed by atoms with Crippen LogP contribution in [0.5, 0.6) is 0 Å². The minimum Gasteiger partial charge on any atom is -0.371 e. The van der Waals surface area contributed by atoms with Crippen LogP contribution in [0, 0.1) is 5.92 Å². The van der Waals surface area contributed by atoms with Gasteiger partial charge in [0.05, 0.1) is 5.92 Å². The number of amides is 2. The van der Waals surface area contributed by atoms with E-state index in [9.17, 15) is 9.59 Å². The van der Waals surface area contributed by atoms with Gasteiger partial charge in [0.2, 0.25) is 11.8 Å². The van der Waals surface area contributed by atoms with Gasteiger partial charge in [-0.1, -0.05) is 18.9 Å². The molecule has 1 aromatic carbocycles. The summed E-state index contributed by atoms with van der Waals surface area (Å²) >= 11 is 0. The molecular formula is C21H34Cl2N4O2. The van der Waals surface area contributed by atoms with Crippen molar-refractivity contribution in [3.8, 4) is 0 Å². The van der Waals surface area contributed by atoms with Crippen LogP contribution in [0.25, 0.3) is 0 Å². The van der Waals surface area contributed by atoms with E-state index in [0.717, 1.165) is 50.1 Å². The molecule has 0 aromatic heterocycles. The van der Waals surface area contributed by atoms with Gasteiger partial charge >= 0.3 is 0 Å². The molecule has 3 rings (SSSR count). The zero-order chi connectivity index (χ0) is 19.4. The molecule has 0 spiro atoms. The van der Waals surface area contributed by atoms with Crippen molar-refractivity contribution in [1.29, 1.82) is 0 Å². The molecule has 1 aromatic rings. The van der Waals surface area contributed by atoms with E-state index < -0.39 is 11.6 Å². The molecule has 29 heavy (non-hydrogen) atoms. The maximum Gasteiger partial charge on any atom is 0.246 e. The van der Waals surface area contributed by atoms with Crippen molar-refractivity contribution in [2.24, 2.45) is 11.7 Å². The third-order valence-electron chi connectivity index (χ3n) is 5.91. The van der Waals surface area contributed by atoms with E-state index >= 15 is 0 Å². The molecule has 2 aliphatic rings. The smallest absolute Gasteiger partial charge is 0.246 e. The van der Waals surface area contributed by atoms with Crippen LogP contribution < -0.4 is 21.3 Å². The monoisotopic (exact) mass is 444 g/mol. The molecule has 1 aliphatic carbocycles. The topological polar surface area (TPSA) is 87.5 Å². The van der Waals surface area contributed by atoms with Gasteiger partial charge in [0.15, 0.2) is 0 Å². The summed E-state index contributed by atoms with van der Waals surface area (Å²) in [6.45, 7) is 5.77. The summed E-state index contributed by atoms with van der Waals surface area (Å²) in [5.74, 6) is -0.565. The summed E-state index contributed by atoms with van der Waals surface area (Å²) in [7, 11) is 0. The summed E-state index contributed by atoms with van der Waals surface area (Å²) in [5, 5.41) is 5.78. The number of halogens is 2. The minimum atomic E-state index is -0.606. The van der Waals surface area contributed by atoms with Crippen molar-refractivity contribution in [2.75, 3.05) is 23.3 Å². The van der Waals surface area contributed by atoms with E-state index in [1.165, 1.54) is 12.8 Å². The normalized spacial score (nSPS) is 24.7. The van der Waals surface area contributed by atoms with Gasteiger partial charge in [0.1, 0.15) is 6.04 Å². The Morgan fingerprint density at radius 1 is 1.17 bits per heavy atom. The van der Waals surface area contributed by atoms with Crippen LogP contribution in [-0.4, -0.2) is 36.5 Å². The molecule has 1 aliphatic heterocycles. The molecule has 1 saturated carbocycles. The van der Waals surface area contributed by atoms with Gasteiger partial charge in [-0.15, -0.1) is 24.8 Å². The second-order valence-corrected chi connectivity index (χ2v) is 8.27. The molecule has 1 heterocycles. The highest BCUT2D eigenvalue weighted by atomic mass is 35.5. The van der Waals surface area contributed by atoms with Gasteiger partial charge in [-0.25, -0.2) is 0 Å². The number of carbonyl (C=O) groups is 2. The lowest BCUT2D eigenvalue weighted by Crippen LogP contribution is -2.55. The van der Waals surface area contributed by atoms with Gasteiger partial charge < -0.3 is 21.3 Å². The summed E-state index contributed by atoms with van der Waals surface area (Å²) < 4.78 is 0. The first-order valence-corrected chi connectivity index (χ1v) is 10.1. The quantitative estimate of drug-likeness (QED) is 0.648. The van der Waals surface area contributed by atoms with Crippen LogP contribution in [0.4, 0.5) is 11.4 Å². The van der Waals surface area contributed by atoms with Crippen LogP contribution in [-0.2, 0) is 9.59 Å². The molecule has 164 valence electrons. The number of rotatable bonds is 5. The Morgan fingerprint density at radius 2 is 1.86 bits per heavy atom. The lowest BCUT2D eigenvalue weighted by molar-refractivity contribution is -0.131. The fourth-order valence-electron chi connectivity index (χ4n) is 4.17. The lowest BCUT2D eigenvalue weighted by atomic mass is 9.74. The number of nitrogens with one attached hydrogen (secondary N) is 2. The molecule has 0 bridgehead atoms. The maximum absolute atomic E-state index is 12.6. The van der Waals surface area contributed by atoms with Crippen molar-refractivity contribution in [3.63, 3.8) is 0 Å². The fraction of sp³-hybridized carbons (Fsp3) is 0.619. The average molecular weight is 445 g/mol. The van der Waals surface area contributed by atoms with Crippen molar-refractivity contribution >= 4 is 48.0 Å². The molecule has 0 radical (unpaired) electrons. The van der Waals surface area contributed by atoms with Gasteiger partial charge in [-0.2, -0.15) is 0 Å². The minimum absolute atomic E-state index is 0. The Labute approximate surface area is 186 Å². The van der Waals surface area contributed by atoms with Crippen LogP contribution in [0.1, 0.15) is 52.4 Å². The van der Waals surface area contributed by atoms with E-state index in [1.807, 2.05) is 25.1 Å². The first-order chi connectivity index (χ1) is 12.9. The van der Waals surface area contributed by atoms with E-state index in [2.05, 4.69) is 21.6 Å². The second kappa shape index (κ2) is 11.0. The zero-order valence-electron chi connectivity index (χ0n) is 17.3. The van der Waals surface area contributed by atoms with Gasteiger partial charge in [-0.05, 0) is 57.7 Å². The first kappa shape index (κ1) is 25.5. The molecular weight excluding hydrogens is 411 g/mol. The van der Waals surface area contributed by atoms with Crippen LogP contribution in [0.15, 0.2) is 24.3 Å². The number of carbonyl (C=O) groups excluding carboxylic acids is 2. The van der Waals surface area contributed by atoms with Gasteiger partial charge in [0, 0.05) is 30.0 Å². The molecule has 6 nitrogen and oxygen atoms in total.